The normalized spacial score (nSPS) is 26.5. The van der Waals surface area contributed by atoms with Gasteiger partial charge in [0.25, 0.3) is 0 Å². The molecule has 1 unspecified atom stereocenters. The molecule has 0 bridgehead atoms. The highest BCUT2D eigenvalue weighted by atomic mass is 16.5. The molecular formula is C9H19NO. The van der Waals surface area contributed by atoms with Crippen LogP contribution in [0.1, 0.15) is 32.6 Å². The van der Waals surface area contributed by atoms with Gasteiger partial charge in [0.15, 0.2) is 0 Å². The third-order valence-corrected chi connectivity index (χ3v) is 2.16. The second-order valence-corrected chi connectivity index (χ2v) is 3.17. The molecule has 1 saturated heterocycles. The average Bonchev–Trinajstić information content (AvgIpc) is 2.28. The Hall–Kier alpha value is -0.0800. The van der Waals surface area contributed by atoms with E-state index in [1.54, 1.807) is 0 Å². The van der Waals surface area contributed by atoms with Crippen molar-refractivity contribution in [1.82, 2.24) is 5.32 Å². The van der Waals surface area contributed by atoms with Gasteiger partial charge in [-0.25, -0.2) is 0 Å². The molecule has 0 aromatic heterocycles. The van der Waals surface area contributed by atoms with Gasteiger partial charge in [-0.05, 0) is 19.4 Å². The number of nitrogens with one attached hydrogen (secondary N) is 1. The van der Waals surface area contributed by atoms with Crippen molar-refractivity contribution in [1.29, 1.82) is 0 Å². The van der Waals surface area contributed by atoms with Crippen LogP contribution in [0.3, 0.4) is 0 Å². The van der Waals surface area contributed by atoms with E-state index in [1.165, 1.54) is 25.7 Å². The summed E-state index contributed by atoms with van der Waals surface area (Å²) in [5.41, 5.74) is 0. The minimum absolute atomic E-state index is 0.532. The maximum atomic E-state index is 5.64. The van der Waals surface area contributed by atoms with Crippen LogP contribution in [0.15, 0.2) is 0 Å². The molecule has 1 atom stereocenters. The topological polar surface area (TPSA) is 21.3 Å². The molecule has 0 amide bonds. The van der Waals surface area contributed by atoms with E-state index < -0.39 is 0 Å². The first kappa shape index (κ1) is 9.01. The number of unbranched alkanes of at least 4 members (excludes halogenated alkanes) is 1. The summed E-state index contributed by atoms with van der Waals surface area (Å²) in [4.78, 5) is 0. The first-order chi connectivity index (χ1) is 5.43. The zero-order valence-corrected chi connectivity index (χ0v) is 7.44. The molecule has 2 nitrogen and oxygen atoms in total. The maximum absolute atomic E-state index is 5.64. The first-order valence-corrected chi connectivity index (χ1v) is 4.76. The van der Waals surface area contributed by atoms with Crippen LogP contribution in [0.25, 0.3) is 0 Å². The lowest BCUT2D eigenvalue weighted by Crippen LogP contribution is -2.16. The Bertz CT molecular complexity index is 87.6. The van der Waals surface area contributed by atoms with Crippen LogP contribution in [-0.4, -0.2) is 25.8 Å². The van der Waals surface area contributed by atoms with E-state index in [1.807, 2.05) is 0 Å². The van der Waals surface area contributed by atoms with Gasteiger partial charge in [0.1, 0.15) is 0 Å². The number of rotatable bonds is 3. The van der Waals surface area contributed by atoms with Crippen molar-refractivity contribution in [3.05, 3.63) is 0 Å². The van der Waals surface area contributed by atoms with E-state index in [-0.39, 0.29) is 0 Å². The third-order valence-electron chi connectivity index (χ3n) is 2.16. The zero-order chi connectivity index (χ0) is 7.94. The van der Waals surface area contributed by atoms with E-state index in [2.05, 4.69) is 12.2 Å². The van der Waals surface area contributed by atoms with Crippen LogP contribution < -0.4 is 5.32 Å². The SMILES string of the molecule is CCCCC1CCNCCO1. The van der Waals surface area contributed by atoms with Crippen LogP contribution >= 0.6 is 0 Å². The fourth-order valence-electron chi connectivity index (χ4n) is 1.43. The van der Waals surface area contributed by atoms with Gasteiger partial charge in [-0.15, -0.1) is 0 Å². The lowest BCUT2D eigenvalue weighted by atomic mass is 10.1. The van der Waals surface area contributed by atoms with Crippen molar-refractivity contribution in [2.45, 2.75) is 38.7 Å². The fourth-order valence-corrected chi connectivity index (χ4v) is 1.43. The van der Waals surface area contributed by atoms with Crippen molar-refractivity contribution in [3.8, 4) is 0 Å². The molecule has 1 N–H and O–H groups in total. The van der Waals surface area contributed by atoms with Gasteiger partial charge in [0.05, 0.1) is 12.7 Å². The highest BCUT2D eigenvalue weighted by Gasteiger charge is 2.10. The molecule has 1 aliphatic rings. The average molecular weight is 157 g/mol. The van der Waals surface area contributed by atoms with Gasteiger partial charge in [0.2, 0.25) is 0 Å². The molecule has 11 heavy (non-hydrogen) atoms. The largest absolute Gasteiger partial charge is 0.377 e. The van der Waals surface area contributed by atoms with Gasteiger partial charge in [-0.1, -0.05) is 19.8 Å². The first-order valence-electron chi connectivity index (χ1n) is 4.76. The molecule has 1 rings (SSSR count). The Morgan fingerprint density at radius 3 is 3.18 bits per heavy atom. The van der Waals surface area contributed by atoms with E-state index in [0.717, 1.165) is 19.7 Å². The third kappa shape index (κ3) is 3.73. The Labute approximate surface area is 69.3 Å². The van der Waals surface area contributed by atoms with Crippen molar-refractivity contribution >= 4 is 0 Å². The lowest BCUT2D eigenvalue weighted by molar-refractivity contribution is 0.0571. The van der Waals surface area contributed by atoms with Crippen LogP contribution in [-0.2, 0) is 4.74 Å². The maximum Gasteiger partial charge on any atom is 0.0594 e. The predicted molar refractivity (Wildman–Crippen MR) is 46.8 cm³/mol. The summed E-state index contributed by atoms with van der Waals surface area (Å²) in [5.74, 6) is 0. The van der Waals surface area contributed by atoms with Gasteiger partial charge in [-0.2, -0.15) is 0 Å². The molecule has 2 heteroatoms. The molecule has 0 spiro atoms. The van der Waals surface area contributed by atoms with Crippen molar-refractivity contribution in [2.24, 2.45) is 0 Å². The Balaban J connectivity index is 2.09. The number of hydrogen-bond donors (Lipinski definition) is 1. The zero-order valence-electron chi connectivity index (χ0n) is 7.44. The minimum atomic E-state index is 0.532. The highest BCUT2D eigenvalue weighted by Crippen LogP contribution is 2.09. The van der Waals surface area contributed by atoms with Crippen molar-refractivity contribution < 1.29 is 4.74 Å². The molecule has 0 aliphatic carbocycles. The number of ether oxygens (including phenoxy) is 1. The summed E-state index contributed by atoms with van der Waals surface area (Å²) in [5, 5.41) is 3.33. The summed E-state index contributed by atoms with van der Waals surface area (Å²) in [7, 11) is 0. The smallest absolute Gasteiger partial charge is 0.0594 e. The summed E-state index contributed by atoms with van der Waals surface area (Å²) in [6.07, 6.45) is 5.57. The van der Waals surface area contributed by atoms with Crippen LogP contribution in [0.5, 0.6) is 0 Å². The van der Waals surface area contributed by atoms with Gasteiger partial charge in [-0.3, -0.25) is 0 Å². The Morgan fingerprint density at radius 1 is 1.45 bits per heavy atom. The van der Waals surface area contributed by atoms with Gasteiger partial charge in [0, 0.05) is 6.54 Å². The van der Waals surface area contributed by atoms with E-state index in [0.29, 0.717) is 6.10 Å². The van der Waals surface area contributed by atoms with Crippen LogP contribution in [0.4, 0.5) is 0 Å². The summed E-state index contributed by atoms with van der Waals surface area (Å²) in [6.45, 7) is 5.29. The summed E-state index contributed by atoms with van der Waals surface area (Å²) >= 11 is 0. The molecule has 0 saturated carbocycles. The Kier molecular flexibility index (Phi) is 4.55. The van der Waals surface area contributed by atoms with Crippen LogP contribution in [0.2, 0.25) is 0 Å². The fraction of sp³-hybridized carbons (Fsp3) is 1.00. The van der Waals surface area contributed by atoms with Crippen molar-refractivity contribution in [2.75, 3.05) is 19.7 Å². The molecule has 1 heterocycles. The second-order valence-electron chi connectivity index (χ2n) is 3.17. The van der Waals surface area contributed by atoms with Crippen LogP contribution in [0, 0.1) is 0 Å². The van der Waals surface area contributed by atoms with E-state index in [9.17, 15) is 0 Å². The lowest BCUT2D eigenvalue weighted by Gasteiger charge is -2.12. The Morgan fingerprint density at radius 2 is 2.36 bits per heavy atom. The monoisotopic (exact) mass is 157 g/mol. The summed E-state index contributed by atoms with van der Waals surface area (Å²) < 4.78 is 5.64. The summed E-state index contributed by atoms with van der Waals surface area (Å²) in [6, 6.07) is 0. The quantitative estimate of drug-likeness (QED) is 0.671. The standard InChI is InChI=1S/C9H19NO/c1-2-3-4-9-5-6-10-7-8-11-9/h9-10H,2-8H2,1H3. The predicted octanol–water partition coefficient (Wildman–Crippen LogP) is 1.56. The van der Waals surface area contributed by atoms with Crippen molar-refractivity contribution in [3.63, 3.8) is 0 Å². The molecule has 1 fully saturated rings. The number of hydrogen-bond acceptors (Lipinski definition) is 2. The molecule has 0 aromatic rings. The molecular weight excluding hydrogens is 138 g/mol. The van der Waals surface area contributed by atoms with Gasteiger partial charge >= 0.3 is 0 Å². The molecule has 0 radical (unpaired) electrons. The molecule has 1 aliphatic heterocycles. The highest BCUT2D eigenvalue weighted by molar-refractivity contribution is 4.64. The van der Waals surface area contributed by atoms with Gasteiger partial charge < -0.3 is 10.1 Å². The van der Waals surface area contributed by atoms with E-state index in [4.69, 9.17) is 4.74 Å². The molecule has 66 valence electrons. The second kappa shape index (κ2) is 5.56. The molecule has 0 aromatic carbocycles. The minimum Gasteiger partial charge on any atom is -0.377 e. The van der Waals surface area contributed by atoms with E-state index >= 15 is 0 Å².